The summed E-state index contributed by atoms with van der Waals surface area (Å²) < 4.78 is 24.6. The number of ether oxygens (including phenoxy) is 1. The van der Waals surface area contributed by atoms with Crippen molar-refractivity contribution < 1.29 is 18.4 Å². The van der Waals surface area contributed by atoms with Gasteiger partial charge in [-0.25, -0.2) is 4.39 Å². The van der Waals surface area contributed by atoms with E-state index in [9.17, 15) is 9.18 Å². The first-order chi connectivity index (χ1) is 13.0. The third-order valence-electron chi connectivity index (χ3n) is 4.34. The van der Waals surface area contributed by atoms with Crippen LogP contribution in [0.5, 0.6) is 5.75 Å². The number of nitrogens with one attached hydrogen (secondary N) is 1. The van der Waals surface area contributed by atoms with E-state index in [0.717, 1.165) is 6.42 Å². The van der Waals surface area contributed by atoms with Crippen LogP contribution in [0.4, 0.5) is 10.1 Å². The number of benzene rings is 2. The first kappa shape index (κ1) is 18.6. The van der Waals surface area contributed by atoms with Crippen LogP contribution in [0.25, 0.3) is 0 Å². The van der Waals surface area contributed by atoms with Crippen molar-refractivity contribution in [3.05, 3.63) is 76.4 Å². The molecule has 5 nitrogen and oxygen atoms in total. The molecular formula is C21H21FN2O3. The molecule has 140 valence electrons. The minimum absolute atomic E-state index is 0.124. The maximum absolute atomic E-state index is 13.7. The molecule has 2 aromatic carbocycles. The van der Waals surface area contributed by atoms with Gasteiger partial charge in [-0.05, 0) is 55.7 Å². The standard InChI is InChI=1S/C21H21FN2O3/c1-4-15-6-9-17(10-7-15)26-12-18-14(3)27-24-20(18)21(25)23-16-8-5-13(2)19(22)11-16/h5-11H,4,12H2,1-3H3,(H,23,25). The van der Waals surface area contributed by atoms with Gasteiger partial charge in [-0.15, -0.1) is 0 Å². The van der Waals surface area contributed by atoms with Gasteiger partial charge in [0.05, 0.1) is 5.56 Å². The smallest absolute Gasteiger partial charge is 0.278 e. The fourth-order valence-electron chi connectivity index (χ4n) is 2.58. The largest absolute Gasteiger partial charge is 0.489 e. The van der Waals surface area contributed by atoms with Crippen molar-refractivity contribution in [3.8, 4) is 5.75 Å². The molecule has 0 spiro atoms. The number of carbonyl (C=O) groups is 1. The summed E-state index contributed by atoms with van der Waals surface area (Å²) in [4.78, 5) is 12.5. The molecule has 1 heterocycles. The monoisotopic (exact) mass is 368 g/mol. The van der Waals surface area contributed by atoms with Gasteiger partial charge in [-0.1, -0.05) is 30.3 Å². The minimum Gasteiger partial charge on any atom is -0.489 e. The van der Waals surface area contributed by atoms with E-state index in [0.29, 0.717) is 28.3 Å². The maximum Gasteiger partial charge on any atom is 0.278 e. The van der Waals surface area contributed by atoms with E-state index in [1.807, 2.05) is 24.3 Å². The van der Waals surface area contributed by atoms with E-state index < -0.39 is 5.91 Å². The summed E-state index contributed by atoms with van der Waals surface area (Å²) in [5.74, 6) is 0.332. The molecule has 0 unspecified atom stereocenters. The van der Waals surface area contributed by atoms with Gasteiger partial charge in [-0.2, -0.15) is 0 Å². The zero-order valence-corrected chi connectivity index (χ0v) is 15.5. The number of rotatable bonds is 6. The summed E-state index contributed by atoms with van der Waals surface area (Å²) in [6.45, 7) is 5.60. The minimum atomic E-state index is -0.477. The van der Waals surface area contributed by atoms with Crippen LogP contribution < -0.4 is 10.1 Å². The average molecular weight is 368 g/mol. The number of carbonyl (C=O) groups excluding carboxylic acids is 1. The van der Waals surface area contributed by atoms with Gasteiger partial charge in [0.15, 0.2) is 5.69 Å². The molecule has 1 amide bonds. The second kappa shape index (κ2) is 8.03. The van der Waals surface area contributed by atoms with Crippen LogP contribution >= 0.6 is 0 Å². The van der Waals surface area contributed by atoms with Gasteiger partial charge in [0, 0.05) is 5.69 Å². The third kappa shape index (κ3) is 4.34. The van der Waals surface area contributed by atoms with E-state index in [1.54, 1.807) is 26.0 Å². The highest BCUT2D eigenvalue weighted by atomic mass is 19.1. The molecule has 3 aromatic rings. The molecule has 1 N–H and O–H groups in total. The number of amides is 1. The van der Waals surface area contributed by atoms with Crippen molar-refractivity contribution in [3.63, 3.8) is 0 Å². The summed E-state index contributed by atoms with van der Waals surface area (Å²) in [6, 6.07) is 12.3. The Morgan fingerprint density at radius 1 is 1.19 bits per heavy atom. The van der Waals surface area contributed by atoms with Gasteiger partial charge in [0.1, 0.15) is 23.9 Å². The molecule has 1 aromatic heterocycles. The van der Waals surface area contributed by atoms with Crippen LogP contribution in [0.3, 0.4) is 0 Å². The fraction of sp³-hybridized carbons (Fsp3) is 0.238. The zero-order valence-electron chi connectivity index (χ0n) is 15.5. The summed E-state index contributed by atoms with van der Waals surface area (Å²) in [5, 5.41) is 6.47. The Kier molecular flexibility index (Phi) is 5.54. The van der Waals surface area contributed by atoms with E-state index in [-0.39, 0.29) is 18.1 Å². The molecule has 0 fully saturated rings. The third-order valence-corrected chi connectivity index (χ3v) is 4.34. The fourth-order valence-corrected chi connectivity index (χ4v) is 2.58. The second-order valence-electron chi connectivity index (χ2n) is 6.27. The molecule has 6 heteroatoms. The quantitative estimate of drug-likeness (QED) is 0.677. The van der Waals surface area contributed by atoms with Gasteiger partial charge < -0.3 is 14.6 Å². The normalized spacial score (nSPS) is 10.7. The van der Waals surface area contributed by atoms with Gasteiger partial charge >= 0.3 is 0 Å². The van der Waals surface area contributed by atoms with Gasteiger partial charge in [0.2, 0.25) is 0 Å². The van der Waals surface area contributed by atoms with Crippen molar-refractivity contribution in [1.82, 2.24) is 5.16 Å². The number of halogens is 1. The predicted octanol–water partition coefficient (Wildman–Crippen LogP) is 4.82. The molecule has 0 atom stereocenters. The van der Waals surface area contributed by atoms with E-state index in [2.05, 4.69) is 17.4 Å². The lowest BCUT2D eigenvalue weighted by atomic mass is 10.1. The molecule has 0 aliphatic carbocycles. The predicted molar refractivity (Wildman–Crippen MR) is 100 cm³/mol. The van der Waals surface area contributed by atoms with Crippen molar-refractivity contribution in [2.75, 3.05) is 5.32 Å². The van der Waals surface area contributed by atoms with Crippen molar-refractivity contribution in [2.45, 2.75) is 33.8 Å². The number of anilines is 1. The lowest BCUT2D eigenvalue weighted by molar-refractivity contribution is 0.101. The second-order valence-corrected chi connectivity index (χ2v) is 6.27. The summed E-state index contributed by atoms with van der Waals surface area (Å²) in [5.41, 5.74) is 2.76. The van der Waals surface area contributed by atoms with Crippen LogP contribution in [0.15, 0.2) is 47.0 Å². The lowest BCUT2D eigenvalue weighted by Crippen LogP contribution is -2.15. The molecule has 27 heavy (non-hydrogen) atoms. The van der Waals surface area contributed by atoms with E-state index in [4.69, 9.17) is 9.26 Å². The number of hydrogen-bond donors (Lipinski definition) is 1. The van der Waals surface area contributed by atoms with E-state index >= 15 is 0 Å². The Morgan fingerprint density at radius 3 is 2.59 bits per heavy atom. The Hall–Kier alpha value is -3.15. The Bertz CT molecular complexity index is 949. The van der Waals surface area contributed by atoms with Crippen LogP contribution in [0.1, 0.15) is 39.9 Å². The molecule has 0 aliphatic rings. The van der Waals surface area contributed by atoms with Crippen LogP contribution in [0, 0.1) is 19.7 Å². The molecule has 0 aliphatic heterocycles. The highest BCUT2D eigenvalue weighted by Gasteiger charge is 2.21. The van der Waals surface area contributed by atoms with Gasteiger partial charge in [0.25, 0.3) is 5.91 Å². The molecule has 3 rings (SSSR count). The van der Waals surface area contributed by atoms with Crippen LogP contribution in [-0.4, -0.2) is 11.1 Å². The molecule has 0 saturated heterocycles. The number of aromatic nitrogens is 1. The average Bonchev–Trinajstić information content (AvgIpc) is 3.04. The summed E-state index contributed by atoms with van der Waals surface area (Å²) >= 11 is 0. The van der Waals surface area contributed by atoms with E-state index in [1.165, 1.54) is 11.6 Å². The lowest BCUT2D eigenvalue weighted by Gasteiger charge is -2.08. The summed E-state index contributed by atoms with van der Waals surface area (Å²) in [7, 11) is 0. The number of nitrogens with zero attached hydrogens (tertiary/aromatic N) is 1. The topological polar surface area (TPSA) is 64.4 Å². The number of aryl methyl sites for hydroxylation is 3. The molecule has 0 saturated carbocycles. The van der Waals surface area contributed by atoms with Crippen molar-refractivity contribution >= 4 is 11.6 Å². The van der Waals surface area contributed by atoms with Crippen molar-refractivity contribution in [2.24, 2.45) is 0 Å². The molecular weight excluding hydrogens is 347 g/mol. The number of hydrogen-bond acceptors (Lipinski definition) is 4. The first-order valence-electron chi connectivity index (χ1n) is 8.72. The Labute approximate surface area is 157 Å². The zero-order chi connectivity index (χ0) is 19.4. The van der Waals surface area contributed by atoms with Crippen molar-refractivity contribution in [1.29, 1.82) is 0 Å². The molecule has 0 bridgehead atoms. The van der Waals surface area contributed by atoms with Gasteiger partial charge in [-0.3, -0.25) is 4.79 Å². The highest BCUT2D eigenvalue weighted by Crippen LogP contribution is 2.20. The molecule has 0 radical (unpaired) electrons. The Balaban J connectivity index is 1.72. The SMILES string of the molecule is CCc1ccc(OCc2c(C(=O)Nc3ccc(C)c(F)c3)noc2C)cc1. The first-order valence-corrected chi connectivity index (χ1v) is 8.72. The summed E-state index contributed by atoms with van der Waals surface area (Å²) in [6.07, 6.45) is 0.953. The van der Waals surface area contributed by atoms with Crippen LogP contribution in [0.2, 0.25) is 0 Å². The Morgan fingerprint density at radius 2 is 1.93 bits per heavy atom. The van der Waals surface area contributed by atoms with Crippen LogP contribution in [-0.2, 0) is 13.0 Å². The highest BCUT2D eigenvalue weighted by molar-refractivity contribution is 6.03. The maximum atomic E-state index is 13.7.